The third kappa shape index (κ3) is 2.98. The molecule has 1 aromatic carbocycles. The predicted molar refractivity (Wildman–Crippen MR) is 73.3 cm³/mol. The molecule has 1 fully saturated rings. The summed E-state index contributed by atoms with van der Waals surface area (Å²) in [6.07, 6.45) is 2.98. The summed E-state index contributed by atoms with van der Waals surface area (Å²) in [5, 5.41) is 0. The van der Waals surface area contributed by atoms with Crippen LogP contribution in [0.2, 0.25) is 0 Å². The van der Waals surface area contributed by atoms with E-state index < -0.39 is 0 Å². The van der Waals surface area contributed by atoms with Gasteiger partial charge in [0.1, 0.15) is 0 Å². The van der Waals surface area contributed by atoms with Crippen LogP contribution in [0.4, 0.5) is 0 Å². The fourth-order valence-corrected chi connectivity index (χ4v) is 2.59. The zero-order valence-electron chi connectivity index (χ0n) is 11.0. The first-order valence-electron chi connectivity index (χ1n) is 6.81. The Labute approximate surface area is 109 Å². The van der Waals surface area contributed by atoms with Crippen LogP contribution in [0.1, 0.15) is 36.5 Å². The van der Waals surface area contributed by atoms with Crippen molar-refractivity contribution < 1.29 is 4.79 Å². The van der Waals surface area contributed by atoms with Gasteiger partial charge < -0.3 is 5.73 Å². The van der Waals surface area contributed by atoms with E-state index >= 15 is 0 Å². The quantitative estimate of drug-likeness (QED) is 0.829. The highest BCUT2D eigenvalue weighted by Crippen LogP contribution is 2.22. The molecular weight excluding hydrogens is 224 g/mol. The van der Waals surface area contributed by atoms with Crippen molar-refractivity contribution in [1.82, 2.24) is 4.90 Å². The average molecular weight is 246 g/mol. The van der Waals surface area contributed by atoms with Crippen LogP contribution in [-0.4, -0.2) is 29.9 Å². The molecule has 3 nitrogen and oxygen atoms in total. The van der Waals surface area contributed by atoms with Gasteiger partial charge in [0.05, 0.1) is 6.17 Å². The Kier molecular flexibility index (Phi) is 4.50. The molecule has 1 unspecified atom stereocenters. The van der Waals surface area contributed by atoms with Gasteiger partial charge in [-0.3, -0.25) is 9.69 Å². The van der Waals surface area contributed by atoms with Crippen LogP contribution in [0.25, 0.3) is 0 Å². The van der Waals surface area contributed by atoms with Crippen molar-refractivity contribution in [2.75, 3.05) is 13.1 Å². The zero-order chi connectivity index (χ0) is 13.0. The molecule has 0 saturated carbocycles. The normalized spacial score (nSPS) is 19.7. The van der Waals surface area contributed by atoms with E-state index in [0.29, 0.717) is 5.78 Å². The molecule has 0 spiro atoms. The van der Waals surface area contributed by atoms with Crippen LogP contribution in [-0.2, 0) is 0 Å². The van der Waals surface area contributed by atoms with Crippen LogP contribution >= 0.6 is 0 Å². The number of hydrogen-bond acceptors (Lipinski definition) is 3. The summed E-state index contributed by atoms with van der Waals surface area (Å²) in [4.78, 5) is 14.6. The number of ketones is 1. The summed E-state index contributed by atoms with van der Waals surface area (Å²) in [7, 11) is 0. The molecule has 2 rings (SSSR count). The highest BCUT2D eigenvalue weighted by molar-refractivity contribution is 5.97. The number of likely N-dealkylation sites (tertiary alicyclic amines) is 1. The molecule has 18 heavy (non-hydrogen) atoms. The number of piperidine rings is 1. The molecule has 98 valence electrons. The largest absolute Gasteiger partial charge is 0.316 e. The molecule has 2 N–H and O–H groups in total. The number of nitrogens with two attached hydrogens (primary N) is 1. The number of hydrogen-bond donors (Lipinski definition) is 1. The molecule has 1 atom stereocenters. The van der Waals surface area contributed by atoms with Crippen LogP contribution in [0.5, 0.6) is 0 Å². The van der Waals surface area contributed by atoms with Gasteiger partial charge in [-0.1, -0.05) is 37.3 Å². The van der Waals surface area contributed by atoms with E-state index in [1.54, 1.807) is 0 Å². The number of benzene rings is 1. The molecule has 0 aromatic heterocycles. The Morgan fingerprint density at radius 1 is 1.33 bits per heavy atom. The Hall–Kier alpha value is -1.19. The predicted octanol–water partition coefficient (Wildman–Crippen LogP) is 2.28. The van der Waals surface area contributed by atoms with Gasteiger partial charge in [0.2, 0.25) is 0 Å². The van der Waals surface area contributed by atoms with Crippen molar-refractivity contribution in [3.8, 4) is 0 Å². The smallest absolute Gasteiger partial charge is 0.166 e. The van der Waals surface area contributed by atoms with Crippen LogP contribution in [0.3, 0.4) is 0 Å². The molecule has 1 aliphatic rings. The lowest BCUT2D eigenvalue weighted by Gasteiger charge is -2.34. The summed E-state index contributed by atoms with van der Waals surface area (Å²) in [5.74, 6) is 0.466. The number of carbonyl (C=O) groups excluding carboxylic acids is 1. The highest BCUT2D eigenvalue weighted by Gasteiger charge is 2.27. The number of Topliss-reactive ketones (excluding diaryl/α,β-unsaturated/α-hetero) is 1. The standard InChI is InChI=1S/C15H22N2O/c1-2-14(16)17-10-8-13(9-11-17)15(18)12-6-4-3-5-7-12/h3-7,13-14H,2,8-11,16H2,1H3. The summed E-state index contributed by atoms with van der Waals surface area (Å²) < 4.78 is 0. The van der Waals surface area contributed by atoms with Crippen molar-refractivity contribution in [3.63, 3.8) is 0 Å². The lowest BCUT2D eigenvalue weighted by molar-refractivity contribution is 0.0791. The van der Waals surface area contributed by atoms with Crippen LogP contribution in [0.15, 0.2) is 30.3 Å². The zero-order valence-corrected chi connectivity index (χ0v) is 11.0. The van der Waals surface area contributed by atoms with Gasteiger partial charge in [0.15, 0.2) is 5.78 Å². The maximum atomic E-state index is 12.3. The molecule has 1 heterocycles. The maximum Gasteiger partial charge on any atom is 0.166 e. The number of nitrogens with zero attached hydrogens (tertiary/aromatic N) is 1. The highest BCUT2D eigenvalue weighted by atomic mass is 16.1. The summed E-state index contributed by atoms with van der Waals surface area (Å²) in [5.41, 5.74) is 6.86. The molecule has 1 saturated heterocycles. The second kappa shape index (κ2) is 6.12. The molecule has 1 aromatic rings. The first-order valence-corrected chi connectivity index (χ1v) is 6.81. The van der Waals surface area contributed by atoms with E-state index in [1.807, 2.05) is 30.3 Å². The Bertz CT molecular complexity index is 383. The van der Waals surface area contributed by atoms with Crippen molar-refractivity contribution in [1.29, 1.82) is 0 Å². The summed E-state index contributed by atoms with van der Waals surface area (Å²) >= 11 is 0. The topological polar surface area (TPSA) is 46.3 Å². The maximum absolute atomic E-state index is 12.3. The molecular formula is C15H22N2O. The number of rotatable bonds is 4. The summed E-state index contributed by atoms with van der Waals surface area (Å²) in [6, 6.07) is 9.61. The molecule has 0 radical (unpaired) electrons. The minimum atomic E-state index is 0.151. The average Bonchev–Trinajstić information content (AvgIpc) is 2.47. The number of carbonyl (C=O) groups is 1. The second-order valence-corrected chi connectivity index (χ2v) is 5.02. The van der Waals surface area contributed by atoms with Gasteiger partial charge in [-0.25, -0.2) is 0 Å². The van der Waals surface area contributed by atoms with Crippen molar-refractivity contribution in [3.05, 3.63) is 35.9 Å². The van der Waals surface area contributed by atoms with Crippen LogP contribution in [0, 0.1) is 5.92 Å². The second-order valence-electron chi connectivity index (χ2n) is 5.02. The monoisotopic (exact) mass is 246 g/mol. The van der Waals surface area contributed by atoms with E-state index in [4.69, 9.17) is 5.73 Å². The van der Waals surface area contributed by atoms with Gasteiger partial charge in [0, 0.05) is 24.6 Å². The SMILES string of the molecule is CCC(N)N1CCC(C(=O)c2ccccc2)CC1. The molecule has 3 heteroatoms. The van der Waals surface area contributed by atoms with Crippen molar-refractivity contribution in [2.24, 2.45) is 11.7 Å². The first kappa shape index (κ1) is 13.2. The minimum Gasteiger partial charge on any atom is -0.316 e. The molecule has 0 bridgehead atoms. The van der Waals surface area contributed by atoms with Gasteiger partial charge in [-0.15, -0.1) is 0 Å². The van der Waals surface area contributed by atoms with Crippen LogP contribution < -0.4 is 5.73 Å². The third-order valence-electron chi connectivity index (χ3n) is 3.85. The lowest BCUT2D eigenvalue weighted by Crippen LogP contribution is -2.46. The molecule has 0 amide bonds. The Morgan fingerprint density at radius 3 is 2.50 bits per heavy atom. The Balaban J connectivity index is 1.92. The van der Waals surface area contributed by atoms with E-state index in [9.17, 15) is 4.79 Å². The van der Waals surface area contributed by atoms with E-state index in [-0.39, 0.29) is 12.1 Å². The summed E-state index contributed by atoms with van der Waals surface area (Å²) in [6.45, 7) is 3.99. The van der Waals surface area contributed by atoms with E-state index in [1.165, 1.54) is 0 Å². The van der Waals surface area contributed by atoms with E-state index in [2.05, 4.69) is 11.8 Å². The van der Waals surface area contributed by atoms with Crippen molar-refractivity contribution >= 4 is 5.78 Å². The minimum absolute atomic E-state index is 0.151. The fraction of sp³-hybridized carbons (Fsp3) is 0.533. The van der Waals surface area contributed by atoms with Gasteiger partial charge in [0.25, 0.3) is 0 Å². The molecule has 0 aliphatic carbocycles. The van der Waals surface area contributed by atoms with Crippen molar-refractivity contribution in [2.45, 2.75) is 32.4 Å². The van der Waals surface area contributed by atoms with Gasteiger partial charge in [-0.2, -0.15) is 0 Å². The van der Waals surface area contributed by atoms with Gasteiger partial charge in [-0.05, 0) is 19.3 Å². The fourth-order valence-electron chi connectivity index (χ4n) is 2.59. The van der Waals surface area contributed by atoms with Gasteiger partial charge >= 0.3 is 0 Å². The van der Waals surface area contributed by atoms with E-state index in [0.717, 1.165) is 37.9 Å². The Morgan fingerprint density at radius 2 is 1.94 bits per heavy atom. The lowest BCUT2D eigenvalue weighted by atomic mass is 9.88. The molecule has 1 aliphatic heterocycles. The first-order chi connectivity index (χ1) is 8.72. The third-order valence-corrected chi connectivity index (χ3v) is 3.85.